The van der Waals surface area contributed by atoms with E-state index < -0.39 is 0 Å². The number of benzene rings is 1. The highest BCUT2D eigenvalue weighted by Gasteiger charge is 2.15. The van der Waals surface area contributed by atoms with E-state index in [1.807, 2.05) is 6.92 Å². The highest BCUT2D eigenvalue weighted by Crippen LogP contribution is 2.18. The molecular weight excluding hydrogens is 186 g/mol. The molecule has 1 aliphatic heterocycles. The van der Waals surface area contributed by atoms with E-state index in [4.69, 9.17) is 0 Å². The summed E-state index contributed by atoms with van der Waals surface area (Å²) in [5.41, 5.74) is 3.50. The topological polar surface area (TPSA) is 20.3 Å². The summed E-state index contributed by atoms with van der Waals surface area (Å²) in [5, 5.41) is 0. The number of carbonyl (C=O) groups is 1. The predicted molar refractivity (Wildman–Crippen MR) is 62.2 cm³/mol. The van der Waals surface area contributed by atoms with Crippen molar-refractivity contribution < 1.29 is 4.79 Å². The number of ketones is 1. The molecule has 1 aromatic rings. The molecule has 0 bridgehead atoms. The highest BCUT2D eigenvalue weighted by atomic mass is 16.1. The van der Waals surface area contributed by atoms with Gasteiger partial charge in [0.25, 0.3) is 0 Å². The van der Waals surface area contributed by atoms with Crippen LogP contribution in [-0.4, -0.2) is 18.9 Å². The fourth-order valence-corrected chi connectivity index (χ4v) is 1.85. The van der Waals surface area contributed by atoms with Gasteiger partial charge in [0.15, 0.2) is 5.78 Å². The van der Waals surface area contributed by atoms with Crippen LogP contribution >= 0.6 is 0 Å². The van der Waals surface area contributed by atoms with E-state index in [9.17, 15) is 4.79 Å². The van der Waals surface area contributed by atoms with Gasteiger partial charge >= 0.3 is 0 Å². The average molecular weight is 201 g/mol. The first-order valence-electron chi connectivity index (χ1n) is 5.17. The second-order valence-electron chi connectivity index (χ2n) is 4.15. The third-order valence-electron chi connectivity index (χ3n) is 2.59. The molecule has 2 heteroatoms. The summed E-state index contributed by atoms with van der Waals surface area (Å²) in [6, 6.07) is 8.29. The lowest BCUT2D eigenvalue weighted by atomic mass is 10.1. The van der Waals surface area contributed by atoms with Gasteiger partial charge in [0.05, 0.1) is 6.54 Å². The van der Waals surface area contributed by atoms with E-state index in [2.05, 4.69) is 36.1 Å². The molecule has 0 spiro atoms. The van der Waals surface area contributed by atoms with Crippen LogP contribution in [0.25, 0.3) is 0 Å². The van der Waals surface area contributed by atoms with Gasteiger partial charge in [0.1, 0.15) is 0 Å². The van der Waals surface area contributed by atoms with Crippen molar-refractivity contribution >= 4 is 11.5 Å². The summed E-state index contributed by atoms with van der Waals surface area (Å²) < 4.78 is 0. The van der Waals surface area contributed by atoms with Crippen molar-refractivity contribution in [3.8, 4) is 0 Å². The molecule has 15 heavy (non-hydrogen) atoms. The second-order valence-corrected chi connectivity index (χ2v) is 4.15. The molecule has 0 radical (unpaired) electrons. The van der Waals surface area contributed by atoms with Crippen LogP contribution in [0.2, 0.25) is 0 Å². The zero-order valence-corrected chi connectivity index (χ0v) is 9.16. The van der Waals surface area contributed by atoms with Crippen molar-refractivity contribution in [3.05, 3.63) is 41.5 Å². The van der Waals surface area contributed by atoms with E-state index in [0.717, 1.165) is 17.8 Å². The third-order valence-corrected chi connectivity index (χ3v) is 2.59. The van der Waals surface area contributed by atoms with Gasteiger partial charge in [-0.15, -0.1) is 0 Å². The Morgan fingerprint density at radius 1 is 1.07 bits per heavy atom. The van der Waals surface area contributed by atoms with Crippen LogP contribution in [0.3, 0.4) is 0 Å². The van der Waals surface area contributed by atoms with Crippen molar-refractivity contribution in [2.45, 2.75) is 13.8 Å². The molecule has 1 aliphatic rings. The van der Waals surface area contributed by atoms with Gasteiger partial charge in [-0.2, -0.15) is 0 Å². The molecule has 0 aromatic heterocycles. The van der Waals surface area contributed by atoms with Gasteiger partial charge in [-0.1, -0.05) is 23.3 Å². The number of carbonyl (C=O) groups excluding carboxylic acids is 1. The lowest BCUT2D eigenvalue weighted by Gasteiger charge is -2.27. The largest absolute Gasteiger partial charge is 0.360 e. The molecule has 1 aromatic carbocycles. The Kier molecular flexibility index (Phi) is 2.58. The van der Waals surface area contributed by atoms with E-state index in [0.29, 0.717) is 6.54 Å². The lowest BCUT2D eigenvalue weighted by Crippen LogP contribution is -2.34. The van der Waals surface area contributed by atoms with Crippen molar-refractivity contribution in [1.29, 1.82) is 0 Å². The predicted octanol–water partition coefficient (Wildman–Crippen LogP) is 2.33. The van der Waals surface area contributed by atoms with Crippen LogP contribution in [-0.2, 0) is 4.79 Å². The van der Waals surface area contributed by atoms with Crippen LogP contribution < -0.4 is 4.90 Å². The highest BCUT2D eigenvalue weighted by molar-refractivity contribution is 5.95. The quantitative estimate of drug-likeness (QED) is 0.695. The van der Waals surface area contributed by atoms with Crippen molar-refractivity contribution in [3.63, 3.8) is 0 Å². The molecule has 1 heterocycles. The molecule has 78 valence electrons. The number of anilines is 1. The first-order valence-corrected chi connectivity index (χ1v) is 5.17. The summed E-state index contributed by atoms with van der Waals surface area (Å²) in [4.78, 5) is 13.5. The van der Waals surface area contributed by atoms with E-state index in [1.165, 1.54) is 5.56 Å². The SMILES string of the molecule is CC1=CC(=O)CN(c2ccc(C)cc2)C1. The van der Waals surface area contributed by atoms with Crippen LogP contribution in [0.15, 0.2) is 35.9 Å². The maximum absolute atomic E-state index is 11.4. The van der Waals surface area contributed by atoms with Crippen LogP contribution in [0.1, 0.15) is 12.5 Å². The van der Waals surface area contributed by atoms with Gasteiger partial charge in [0.2, 0.25) is 0 Å². The summed E-state index contributed by atoms with van der Waals surface area (Å²) >= 11 is 0. The fraction of sp³-hybridized carbons (Fsp3) is 0.308. The molecular formula is C13H15NO. The van der Waals surface area contributed by atoms with E-state index in [1.54, 1.807) is 6.08 Å². The number of hydrogen-bond acceptors (Lipinski definition) is 2. The first kappa shape index (κ1) is 9.97. The Labute approximate surface area is 90.2 Å². The summed E-state index contributed by atoms with van der Waals surface area (Å²) in [5.74, 6) is 0.194. The van der Waals surface area contributed by atoms with Crippen LogP contribution in [0.5, 0.6) is 0 Å². The molecule has 0 saturated carbocycles. The van der Waals surface area contributed by atoms with Gasteiger partial charge in [0, 0.05) is 12.2 Å². The fourth-order valence-electron chi connectivity index (χ4n) is 1.85. The lowest BCUT2D eigenvalue weighted by molar-refractivity contribution is -0.113. The van der Waals surface area contributed by atoms with E-state index in [-0.39, 0.29) is 5.78 Å². The third kappa shape index (κ3) is 2.27. The number of aryl methyl sites for hydroxylation is 1. The number of rotatable bonds is 1. The Hall–Kier alpha value is -1.57. The molecule has 0 saturated heterocycles. The average Bonchev–Trinajstić information content (AvgIpc) is 2.17. The Bertz CT molecular complexity index is 403. The monoisotopic (exact) mass is 201 g/mol. The Morgan fingerprint density at radius 2 is 1.73 bits per heavy atom. The Morgan fingerprint density at radius 3 is 2.33 bits per heavy atom. The van der Waals surface area contributed by atoms with Crippen LogP contribution in [0.4, 0.5) is 5.69 Å². The van der Waals surface area contributed by atoms with Gasteiger partial charge in [-0.05, 0) is 32.1 Å². The minimum atomic E-state index is 0.194. The Balaban J connectivity index is 2.22. The zero-order valence-electron chi connectivity index (χ0n) is 9.16. The molecule has 0 atom stereocenters. The smallest absolute Gasteiger partial charge is 0.174 e. The molecule has 0 aliphatic carbocycles. The minimum Gasteiger partial charge on any atom is -0.360 e. The molecule has 0 amide bonds. The number of hydrogen-bond donors (Lipinski definition) is 0. The zero-order chi connectivity index (χ0) is 10.8. The molecule has 0 unspecified atom stereocenters. The first-order chi connectivity index (χ1) is 7.15. The second kappa shape index (κ2) is 3.89. The summed E-state index contributed by atoms with van der Waals surface area (Å²) in [7, 11) is 0. The molecule has 2 rings (SSSR count). The van der Waals surface area contributed by atoms with Crippen molar-refractivity contribution in [2.75, 3.05) is 18.0 Å². The van der Waals surface area contributed by atoms with Crippen LogP contribution in [0, 0.1) is 6.92 Å². The van der Waals surface area contributed by atoms with E-state index >= 15 is 0 Å². The summed E-state index contributed by atoms with van der Waals surface area (Å²) in [6.45, 7) is 5.42. The normalized spacial score (nSPS) is 16.5. The van der Waals surface area contributed by atoms with Crippen molar-refractivity contribution in [1.82, 2.24) is 0 Å². The summed E-state index contributed by atoms with van der Waals surface area (Å²) in [6.07, 6.45) is 1.74. The maximum atomic E-state index is 11.4. The number of nitrogens with zero attached hydrogens (tertiary/aromatic N) is 1. The maximum Gasteiger partial charge on any atom is 0.174 e. The molecule has 0 N–H and O–H groups in total. The van der Waals surface area contributed by atoms with Gasteiger partial charge in [-0.25, -0.2) is 0 Å². The van der Waals surface area contributed by atoms with Gasteiger partial charge < -0.3 is 4.90 Å². The molecule has 0 fully saturated rings. The van der Waals surface area contributed by atoms with Gasteiger partial charge in [-0.3, -0.25) is 4.79 Å². The molecule has 2 nitrogen and oxygen atoms in total. The van der Waals surface area contributed by atoms with Crippen molar-refractivity contribution in [2.24, 2.45) is 0 Å². The minimum absolute atomic E-state index is 0.194. The standard InChI is InChI=1S/C13H15NO/c1-10-3-5-12(6-4-10)14-8-11(2)7-13(15)9-14/h3-7H,8-9H2,1-2H3.